The van der Waals surface area contributed by atoms with Crippen LogP contribution < -0.4 is 5.32 Å². The van der Waals surface area contributed by atoms with Gasteiger partial charge in [0.15, 0.2) is 6.10 Å². The highest BCUT2D eigenvalue weighted by atomic mass is 32.2. The van der Waals surface area contributed by atoms with Crippen LogP contribution in [0.5, 0.6) is 0 Å². The van der Waals surface area contributed by atoms with Crippen LogP contribution in [0.3, 0.4) is 0 Å². The number of carbonyl (C=O) groups excluding carboxylic acids is 2. The number of amides is 1. The number of hydrogen-bond donors (Lipinski definition) is 1. The van der Waals surface area contributed by atoms with Crippen molar-refractivity contribution < 1.29 is 19.2 Å². The summed E-state index contributed by atoms with van der Waals surface area (Å²) in [7, 11) is 0. The van der Waals surface area contributed by atoms with Crippen molar-refractivity contribution >= 4 is 29.3 Å². The molecule has 1 saturated carbocycles. The molecule has 2 rings (SSSR count). The fourth-order valence-electron chi connectivity index (χ4n) is 2.87. The highest BCUT2D eigenvalue weighted by Crippen LogP contribution is 2.23. The molecule has 1 amide bonds. The van der Waals surface area contributed by atoms with Crippen LogP contribution in [0.25, 0.3) is 0 Å². The zero-order chi connectivity index (χ0) is 18.9. The highest BCUT2D eigenvalue weighted by molar-refractivity contribution is 8.00. The molecule has 0 radical (unpaired) electrons. The summed E-state index contributed by atoms with van der Waals surface area (Å²) >= 11 is 1.21. The first-order chi connectivity index (χ1) is 12.5. The van der Waals surface area contributed by atoms with Gasteiger partial charge >= 0.3 is 5.97 Å². The van der Waals surface area contributed by atoms with Crippen LogP contribution >= 0.6 is 11.8 Å². The van der Waals surface area contributed by atoms with Crippen LogP contribution in [0.4, 0.5) is 5.69 Å². The number of ether oxygens (including phenoxy) is 1. The van der Waals surface area contributed by atoms with Gasteiger partial charge in [0, 0.05) is 23.6 Å². The highest BCUT2D eigenvalue weighted by Gasteiger charge is 2.20. The van der Waals surface area contributed by atoms with E-state index in [0.29, 0.717) is 12.5 Å². The molecule has 0 aromatic heterocycles. The lowest BCUT2D eigenvalue weighted by atomic mass is 9.89. The Hall–Kier alpha value is -2.09. The van der Waals surface area contributed by atoms with E-state index >= 15 is 0 Å². The van der Waals surface area contributed by atoms with Crippen molar-refractivity contribution in [3.05, 3.63) is 34.4 Å². The SMILES string of the molecule is C[C@@H](OC(=O)CSc1ccc([N+](=O)[O-])cc1)C(=O)NCC1CCCCC1. The number of thioether (sulfide) groups is 1. The van der Waals surface area contributed by atoms with Gasteiger partial charge in [-0.05, 0) is 37.8 Å². The number of nitrogens with one attached hydrogen (secondary N) is 1. The van der Waals surface area contributed by atoms with Gasteiger partial charge in [0.1, 0.15) is 0 Å². The number of hydrogen-bond acceptors (Lipinski definition) is 6. The summed E-state index contributed by atoms with van der Waals surface area (Å²) in [6.07, 6.45) is 5.14. The van der Waals surface area contributed by atoms with Gasteiger partial charge < -0.3 is 10.1 Å². The van der Waals surface area contributed by atoms with Gasteiger partial charge in [-0.15, -0.1) is 11.8 Å². The normalized spacial score (nSPS) is 15.9. The quantitative estimate of drug-likeness (QED) is 0.321. The maximum absolute atomic E-state index is 12.0. The maximum Gasteiger partial charge on any atom is 0.317 e. The van der Waals surface area contributed by atoms with Crippen molar-refractivity contribution in [1.82, 2.24) is 5.32 Å². The summed E-state index contributed by atoms with van der Waals surface area (Å²) in [6, 6.07) is 5.93. The molecular weight excluding hydrogens is 356 g/mol. The largest absolute Gasteiger partial charge is 0.452 e. The van der Waals surface area contributed by atoms with Crippen molar-refractivity contribution in [2.24, 2.45) is 5.92 Å². The van der Waals surface area contributed by atoms with Gasteiger partial charge in [-0.2, -0.15) is 0 Å². The van der Waals surface area contributed by atoms with E-state index in [1.807, 2.05) is 0 Å². The van der Waals surface area contributed by atoms with Gasteiger partial charge in [-0.1, -0.05) is 19.3 Å². The number of nitrogens with zero attached hydrogens (tertiary/aromatic N) is 1. The third-order valence-corrected chi connectivity index (χ3v) is 5.36. The van der Waals surface area contributed by atoms with Crippen LogP contribution in [0, 0.1) is 16.0 Å². The second-order valence-electron chi connectivity index (χ2n) is 6.42. The fraction of sp³-hybridized carbons (Fsp3) is 0.556. The minimum atomic E-state index is -0.830. The number of carbonyl (C=O) groups is 2. The van der Waals surface area contributed by atoms with E-state index in [2.05, 4.69) is 5.32 Å². The Bertz CT molecular complexity index is 629. The molecule has 1 fully saturated rings. The van der Waals surface area contributed by atoms with Gasteiger partial charge in [0.05, 0.1) is 10.7 Å². The summed E-state index contributed by atoms with van der Waals surface area (Å²) in [5, 5.41) is 13.5. The van der Waals surface area contributed by atoms with Crippen LogP contribution in [-0.2, 0) is 14.3 Å². The van der Waals surface area contributed by atoms with E-state index in [4.69, 9.17) is 4.74 Å². The van der Waals surface area contributed by atoms with Crippen molar-refractivity contribution in [2.75, 3.05) is 12.3 Å². The first kappa shape index (κ1) is 20.2. The molecule has 0 unspecified atom stereocenters. The Balaban J connectivity index is 1.68. The third-order valence-electron chi connectivity index (χ3n) is 4.37. The zero-order valence-corrected chi connectivity index (χ0v) is 15.6. The Morgan fingerprint density at radius 2 is 1.92 bits per heavy atom. The molecule has 0 heterocycles. The third kappa shape index (κ3) is 6.67. The predicted octanol–water partition coefficient (Wildman–Crippen LogP) is 3.32. The lowest BCUT2D eigenvalue weighted by Gasteiger charge is -2.22. The van der Waals surface area contributed by atoms with E-state index in [1.165, 1.54) is 43.2 Å². The van der Waals surface area contributed by atoms with Crippen molar-refractivity contribution in [3.8, 4) is 0 Å². The Labute approximate surface area is 157 Å². The molecule has 142 valence electrons. The second kappa shape index (κ2) is 10.2. The van der Waals surface area contributed by atoms with Gasteiger partial charge in [0.25, 0.3) is 11.6 Å². The van der Waals surface area contributed by atoms with Crippen LogP contribution in [0.15, 0.2) is 29.2 Å². The minimum Gasteiger partial charge on any atom is -0.452 e. The van der Waals surface area contributed by atoms with Gasteiger partial charge in [0.2, 0.25) is 0 Å². The number of esters is 1. The van der Waals surface area contributed by atoms with Crippen LogP contribution in [0.2, 0.25) is 0 Å². The molecule has 7 nitrogen and oxygen atoms in total. The average molecular weight is 380 g/mol. The van der Waals surface area contributed by atoms with Gasteiger partial charge in [-0.25, -0.2) is 0 Å². The molecule has 0 bridgehead atoms. The van der Waals surface area contributed by atoms with Gasteiger partial charge in [-0.3, -0.25) is 19.7 Å². The van der Waals surface area contributed by atoms with Crippen LogP contribution in [0.1, 0.15) is 39.0 Å². The standard InChI is InChI=1S/C18H24N2O5S/c1-13(18(22)19-11-14-5-3-2-4-6-14)25-17(21)12-26-16-9-7-15(8-10-16)20(23)24/h7-10,13-14H,2-6,11-12H2,1H3,(H,19,22)/t13-/m1/s1. The maximum atomic E-state index is 12.0. The molecule has 1 atom stereocenters. The summed E-state index contributed by atoms with van der Waals surface area (Å²) in [5.74, 6) is -0.204. The van der Waals surface area contributed by atoms with Crippen molar-refractivity contribution in [3.63, 3.8) is 0 Å². The number of rotatable bonds is 8. The molecule has 0 saturated heterocycles. The molecule has 0 spiro atoms. The monoisotopic (exact) mass is 380 g/mol. The molecule has 26 heavy (non-hydrogen) atoms. The number of nitro groups is 1. The van der Waals surface area contributed by atoms with E-state index in [-0.39, 0.29) is 17.3 Å². The van der Waals surface area contributed by atoms with E-state index in [9.17, 15) is 19.7 Å². The Morgan fingerprint density at radius 1 is 1.27 bits per heavy atom. The predicted molar refractivity (Wildman–Crippen MR) is 99.0 cm³/mol. The number of non-ortho nitro benzene ring substituents is 1. The minimum absolute atomic E-state index is 0.000172. The topological polar surface area (TPSA) is 98.5 Å². The fourth-order valence-corrected chi connectivity index (χ4v) is 3.55. The number of nitro benzene ring substituents is 1. The molecule has 1 aliphatic rings. The lowest BCUT2D eigenvalue weighted by Crippen LogP contribution is -2.39. The lowest BCUT2D eigenvalue weighted by molar-refractivity contribution is -0.384. The molecule has 1 aromatic rings. The Morgan fingerprint density at radius 3 is 2.54 bits per heavy atom. The molecule has 1 N–H and O–H groups in total. The molecule has 0 aliphatic heterocycles. The summed E-state index contributed by atoms with van der Waals surface area (Å²) in [6.45, 7) is 2.20. The van der Waals surface area contributed by atoms with E-state index in [1.54, 1.807) is 19.1 Å². The smallest absolute Gasteiger partial charge is 0.317 e. The summed E-state index contributed by atoms with van der Waals surface area (Å²) < 4.78 is 5.16. The first-order valence-corrected chi connectivity index (χ1v) is 9.78. The molecule has 8 heteroatoms. The average Bonchev–Trinajstić information content (AvgIpc) is 2.65. The summed E-state index contributed by atoms with van der Waals surface area (Å²) in [5.41, 5.74) is 0.000172. The first-order valence-electron chi connectivity index (χ1n) is 8.80. The summed E-state index contributed by atoms with van der Waals surface area (Å²) in [4.78, 5) is 34.8. The second-order valence-corrected chi connectivity index (χ2v) is 7.47. The van der Waals surface area contributed by atoms with Crippen LogP contribution in [-0.4, -0.2) is 35.2 Å². The van der Waals surface area contributed by atoms with Crippen molar-refractivity contribution in [1.29, 1.82) is 0 Å². The van der Waals surface area contributed by atoms with E-state index < -0.39 is 17.0 Å². The zero-order valence-electron chi connectivity index (χ0n) is 14.8. The van der Waals surface area contributed by atoms with E-state index in [0.717, 1.165) is 17.7 Å². The van der Waals surface area contributed by atoms with Crippen molar-refractivity contribution in [2.45, 2.75) is 50.0 Å². The Kier molecular flexibility index (Phi) is 7.90. The molecular formula is C18H24N2O5S. The number of benzene rings is 1. The molecule has 1 aliphatic carbocycles. The molecule has 1 aromatic carbocycles.